The van der Waals surface area contributed by atoms with E-state index >= 15 is 0 Å². The fraction of sp³-hybridized carbons (Fsp3) is 0.300. The van der Waals surface area contributed by atoms with Crippen molar-refractivity contribution in [2.75, 3.05) is 13.7 Å². The summed E-state index contributed by atoms with van der Waals surface area (Å²) in [6.07, 6.45) is 1.65. The molecule has 2 aromatic carbocycles. The number of methoxy groups -OCH3 is 1. The van der Waals surface area contributed by atoms with E-state index in [1.165, 1.54) is 19.2 Å². The first-order valence-electron chi connectivity index (χ1n) is 8.40. The first kappa shape index (κ1) is 19.4. The van der Waals surface area contributed by atoms with Gasteiger partial charge in [-0.05, 0) is 24.1 Å². The van der Waals surface area contributed by atoms with Gasteiger partial charge in [-0.15, -0.1) is 0 Å². The third kappa shape index (κ3) is 5.31. The lowest BCUT2D eigenvalue weighted by molar-refractivity contribution is -0.125. The van der Waals surface area contributed by atoms with E-state index in [1.54, 1.807) is 0 Å². The van der Waals surface area contributed by atoms with Gasteiger partial charge in [-0.1, -0.05) is 43.7 Å². The number of benzene rings is 2. The molecular formula is C20H22FNO4. The van der Waals surface area contributed by atoms with Gasteiger partial charge < -0.3 is 14.8 Å². The lowest BCUT2D eigenvalue weighted by atomic mass is 10.0. The molecule has 5 nitrogen and oxygen atoms in total. The van der Waals surface area contributed by atoms with E-state index in [0.29, 0.717) is 5.75 Å². The topological polar surface area (TPSA) is 64.6 Å². The maximum atomic E-state index is 13.9. The van der Waals surface area contributed by atoms with Gasteiger partial charge in [0.25, 0.3) is 5.91 Å². The van der Waals surface area contributed by atoms with Gasteiger partial charge in [0.2, 0.25) is 0 Å². The Morgan fingerprint density at radius 1 is 1.15 bits per heavy atom. The molecule has 0 saturated heterocycles. The molecular weight excluding hydrogens is 337 g/mol. The molecule has 0 radical (unpaired) electrons. The predicted molar refractivity (Wildman–Crippen MR) is 95.5 cm³/mol. The van der Waals surface area contributed by atoms with Crippen molar-refractivity contribution in [1.29, 1.82) is 0 Å². The standard InChI is InChI=1S/C20H22FNO4/c1-3-7-18(14-8-5-4-6-9-14)22-19(23)13-26-20(24)16-11-10-15(25-2)12-17(16)21/h4-6,8-12,18H,3,7,13H2,1-2H3,(H,22,23). The second-order valence-corrected chi connectivity index (χ2v) is 5.74. The molecule has 0 aliphatic carbocycles. The maximum Gasteiger partial charge on any atom is 0.341 e. The van der Waals surface area contributed by atoms with Crippen LogP contribution in [0.15, 0.2) is 48.5 Å². The molecule has 2 aromatic rings. The maximum absolute atomic E-state index is 13.9. The summed E-state index contributed by atoms with van der Waals surface area (Å²) in [6, 6.07) is 13.2. The number of carbonyl (C=O) groups excluding carboxylic acids is 2. The van der Waals surface area contributed by atoms with Crippen LogP contribution in [-0.2, 0) is 9.53 Å². The van der Waals surface area contributed by atoms with Crippen LogP contribution in [0.3, 0.4) is 0 Å². The third-order valence-electron chi connectivity index (χ3n) is 3.85. The highest BCUT2D eigenvalue weighted by molar-refractivity contribution is 5.91. The van der Waals surface area contributed by atoms with Crippen LogP contribution in [-0.4, -0.2) is 25.6 Å². The molecule has 0 aliphatic heterocycles. The molecule has 1 amide bonds. The van der Waals surface area contributed by atoms with Crippen LogP contribution in [0.4, 0.5) is 4.39 Å². The van der Waals surface area contributed by atoms with E-state index in [-0.39, 0.29) is 11.6 Å². The highest BCUT2D eigenvalue weighted by Gasteiger charge is 2.18. The molecule has 0 heterocycles. The van der Waals surface area contributed by atoms with E-state index < -0.39 is 24.3 Å². The molecule has 2 rings (SSSR count). The van der Waals surface area contributed by atoms with E-state index in [9.17, 15) is 14.0 Å². The molecule has 1 unspecified atom stereocenters. The zero-order chi connectivity index (χ0) is 18.9. The van der Waals surface area contributed by atoms with Crippen LogP contribution >= 0.6 is 0 Å². The molecule has 0 saturated carbocycles. The van der Waals surface area contributed by atoms with Gasteiger partial charge in [-0.25, -0.2) is 9.18 Å². The van der Waals surface area contributed by atoms with Gasteiger partial charge in [-0.3, -0.25) is 4.79 Å². The zero-order valence-electron chi connectivity index (χ0n) is 14.8. The minimum absolute atomic E-state index is 0.162. The van der Waals surface area contributed by atoms with Crippen LogP contribution < -0.4 is 10.1 Å². The summed E-state index contributed by atoms with van der Waals surface area (Å²) < 4.78 is 23.7. The summed E-state index contributed by atoms with van der Waals surface area (Å²) in [7, 11) is 1.40. The van der Waals surface area contributed by atoms with E-state index in [0.717, 1.165) is 24.5 Å². The smallest absolute Gasteiger partial charge is 0.341 e. The van der Waals surface area contributed by atoms with Crippen molar-refractivity contribution in [3.05, 3.63) is 65.5 Å². The Hall–Kier alpha value is -2.89. The minimum atomic E-state index is -0.896. The summed E-state index contributed by atoms with van der Waals surface area (Å²) in [6.45, 7) is 1.55. The number of hydrogen-bond donors (Lipinski definition) is 1. The van der Waals surface area contributed by atoms with Crippen molar-refractivity contribution >= 4 is 11.9 Å². The summed E-state index contributed by atoms with van der Waals surface area (Å²) in [5.41, 5.74) is 0.738. The highest BCUT2D eigenvalue weighted by Crippen LogP contribution is 2.19. The van der Waals surface area contributed by atoms with Crippen LogP contribution in [0.25, 0.3) is 0 Å². The van der Waals surface area contributed by atoms with Crippen molar-refractivity contribution in [3.8, 4) is 5.75 Å². The molecule has 0 spiro atoms. The third-order valence-corrected chi connectivity index (χ3v) is 3.85. The van der Waals surface area contributed by atoms with Gasteiger partial charge in [0, 0.05) is 6.07 Å². The van der Waals surface area contributed by atoms with Gasteiger partial charge in [0.15, 0.2) is 6.61 Å². The first-order valence-corrected chi connectivity index (χ1v) is 8.40. The summed E-state index contributed by atoms with van der Waals surface area (Å²) >= 11 is 0. The average molecular weight is 359 g/mol. The van der Waals surface area contributed by atoms with E-state index in [2.05, 4.69) is 5.32 Å². The second-order valence-electron chi connectivity index (χ2n) is 5.74. The molecule has 1 N–H and O–H groups in total. The molecule has 0 bridgehead atoms. The second kappa shape index (κ2) is 9.56. The Kier molecular flexibility index (Phi) is 7.14. The number of hydrogen-bond acceptors (Lipinski definition) is 4. The van der Waals surface area contributed by atoms with Crippen LogP contribution in [0.5, 0.6) is 5.75 Å². The summed E-state index contributed by atoms with van der Waals surface area (Å²) in [5, 5.41) is 2.84. The van der Waals surface area contributed by atoms with Crippen LogP contribution in [0.1, 0.15) is 41.7 Å². The van der Waals surface area contributed by atoms with Gasteiger partial charge in [0.1, 0.15) is 11.6 Å². The number of ether oxygens (including phenoxy) is 2. The lowest BCUT2D eigenvalue weighted by Gasteiger charge is -2.18. The first-order chi connectivity index (χ1) is 12.5. The molecule has 6 heteroatoms. The number of carbonyl (C=O) groups is 2. The minimum Gasteiger partial charge on any atom is -0.497 e. The fourth-order valence-corrected chi connectivity index (χ4v) is 2.53. The van der Waals surface area contributed by atoms with Crippen LogP contribution in [0.2, 0.25) is 0 Å². The largest absolute Gasteiger partial charge is 0.497 e. The Bertz CT molecular complexity index is 749. The Balaban J connectivity index is 1.93. The number of amides is 1. The Labute approximate surface area is 152 Å². The van der Waals surface area contributed by atoms with E-state index in [4.69, 9.17) is 9.47 Å². The highest BCUT2D eigenvalue weighted by atomic mass is 19.1. The monoisotopic (exact) mass is 359 g/mol. The number of halogens is 1. The molecule has 0 fully saturated rings. The molecule has 0 aromatic heterocycles. The fourth-order valence-electron chi connectivity index (χ4n) is 2.53. The van der Waals surface area contributed by atoms with Crippen molar-refractivity contribution in [3.63, 3.8) is 0 Å². The molecule has 0 aliphatic rings. The van der Waals surface area contributed by atoms with Crippen molar-refractivity contribution < 1.29 is 23.5 Å². The van der Waals surface area contributed by atoms with Crippen molar-refractivity contribution in [2.45, 2.75) is 25.8 Å². The number of esters is 1. The molecule has 138 valence electrons. The average Bonchev–Trinajstić information content (AvgIpc) is 2.66. The van der Waals surface area contributed by atoms with Crippen LogP contribution in [0, 0.1) is 5.82 Å². The van der Waals surface area contributed by atoms with Gasteiger partial charge in [-0.2, -0.15) is 0 Å². The normalized spacial score (nSPS) is 11.5. The van der Waals surface area contributed by atoms with Gasteiger partial charge in [0.05, 0.1) is 18.7 Å². The Morgan fingerprint density at radius 2 is 1.88 bits per heavy atom. The predicted octanol–water partition coefficient (Wildman–Crippen LogP) is 3.65. The summed E-state index contributed by atoms with van der Waals surface area (Å²) in [5.74, 6) is -1.80. The Morgan fingerprint density at radius 3 is 2.50 bits per heavy atom. The quantitative estimate of drug-likeness (QED) is 0.731. The zero-order valence-corrected chi connectivity index (χ0v) is 14.8. The lowest BCUT2D eigenvalue weighted by Crippen LogP contribution is -2.32. The van der Waals surface area contributed by atoms with Crippen molar-refractivity contribution in [2.24, 2.45) is 0 Å². The van der Waals surface area contributed by atoms with Gasteiger partial charge >= 0.3 is 5.97 Å². The molecule has 1 atom stereocenters. The summed E-state index contributed by atoms with van der Waals surface area (Å²) in [4.78, 5) is 24.1. The number of rotatable bonds is 8. The van der Waals surface area contributed by atoms with Crippen molar-refractivity contribution in [1.82, 2.24) is 5.32 Å². The number of nitrogens with one attached hydrogen (secondary N) is 1. The van der Waals surface area contributed by atoms with E-state index in [1.807, 2.05) is 37.3 Å². The molecule has 26 heavy (non-hydrogen) atoms. The SMILES string of the molecule is CCCC(NC(=O)COC(=O)c1ccc(OC)cc1F)c1ccccc1.